The molecule has 0 aliphatic heterocycles. The number of hydrogen-bond acceptors (Lipinski definition) is 1. The summed E-state index contributed by atoms with van der Waals surface area (Å²) in [5, 5.41) is 10.1. The van der Waals surface area contributed by atoms with Gasteiger partial charge in [-0.05, 0) is 0 Å². The van der Waals surface area contributed by atoms with Gasteiger partial charge >= 0.3 is 100 Å². The molecule has 2 rings (SSSR count). The van der Waals surface area contributed by atoms with Gasteiger partial charge in [0, 0.05) is 0 Å². The third-order valence-corrected chi connectivity index (χ3v) is 5.19. The van der Waals surface area contributed by atoms with Crippen LogP contribution >= 0.6 is 0 Å². The fourth-order valence-corrected chi connectivity index (χ4v) is 3.91. The zero-order chi connectivity index (χ0) is 11.5. The summed E-state index contributed by atoms with van der Waals surface area (Å²) in [5.74, 6) is -0.927. The number of aliphatic carboxylic acids is 1. The van der Waals surface area contributed by atoms with E-state index >= 15 is 0 Å². The van der Waals surface area contributed by atoms with Gasteiger partial charge in [0.1, 0.15) is 0 Å². The van der Waals surface area contributed by atoms with Crippen LogP contribution in [0.25, 0.3) is 9.65 Å². The Labute approximate surface area is 101 Å². The van der Waals surface area contributed by atoms with Gasteiger partial charge in [-0.25, -0.2) is 0 Å². The third-order valence-electron chi connectivity index (χ3n) is 2.72. The van der Waals surface area contributed by atoms with Crippen molar-refractivity contribution in [3.8, 4) is 0 Å². The van der Waals surface area contributed by atoms with E-state index in [4.69, 9.17) is 5.11 Å². The fourth-order valence-electron chi connectivity index (χ4n) is 1.64. The molecule has 0 bridgehead atoms. The summed E-state index contributed by atoms with van der Waals surface area (Å²) >= 11 is 0.412. The van der Waals surface area contributed by atoms with E-state index in [1.165, 1.54) is 14.1 Å². The molecule has 2 aromatic rings. The Morgan fingerprint density at radius 3 is 2.88 bits per heavy atom. The number of aryl methyl sites for hydroxylation is 1. The van der Waals surface area contributed by atoms with Gasteiger partial charge in [0.15, 0.2) is 0 Å². The van der Waals surface area contributed by atoms with Gasteiger partial charge in [-0.2, -0.15) is 0 Å². The van der Waals surface area contributed by atoms with Crippen LogP contribution in [0.4, 0.5) is 0 Å². The Morgan fingerprint density at radius 2 is 2.19 bits per heavy atom. The summed E-state index contributed by atoms with van der Waals surface area (Å²) in [6.45, 7) is 1.78. The van der Waals surface area contributed by atoms with E-state index in [1.54, 1.807) is 6.92 Å². The van der Waals surface area contributed by atoms with Crippen LogP contribution in [0.5, 0.6) is 0 Å². The summed E-state index contributed by atoms with van der Waals surface area (Å²) < 4.78 is 2.84. The molecule has 1 aromatic carbocycles. The van der Waals surface area contributed by atoms with E-state index in [-0.39, 0.29) is 5.92 Å². The topological polar surface area (TPSA) is 37.3 Å². The maximum atomic E-state index is 10.7. The van der Waals surface area contributed by atoms with E-state index in [9.17, 15) is 4.79 Å². The van der Waals surface area contributed by atoms with Crippen LogP contribution in [0.3, 0.4) is 0 Å². The average molecular weight is 281 g/mol. The van der Waals surface area contributed by atoms with E-state index in [0.717, 1.165) is 12.8 Å². The van der Waals surface area contributed by atoms with Crippen molar-refractivity contribution in [3.63, 3.8) is 0 Å². The van der Waals surface area contributed by atoms with Crippen molar-refractivity contribution in [2.24, 2.45) is 5.92 Å². The van der Waals surface area contributed by atoms with Crippen LogP contribution in [0, 0.1) is 5.92 Å². The summed E-state index contributed by atoms with van der Waals surface area (Å²) in [6.07, 6.45) is 1.67. The van der Waals surface area contributed by atoms with Gasteiger partial charge in [0.2, 0.25) is 0 Å². The first-order valence-electron chi connectivity index (χ1n) is 5.37. The van der Waals surface area contributed by atoms with Gasteiger partial charge in [0.25, 0.3) is 0 Å². The number of fused-ring (bicyclic) bond motifs is 1. The first kappa shape index (κ1) is 11.4. The van der Waals surface area contributed by atoms with Crippen LogP contribution in [0.1, 0.15) is 17.8 Å². The number of rotatable bonds is 4. The Bertz CT molecular complexity index is 468. The first-order chi connectivity index (χ1) is 7.66. The van der Waals surface area contributed by atoms with Gasteiger partial charge in [-0.1, -0.05) is 0 Å². The van der Waals surface area contributed by atoms with Crippen LogP contribution < -0.4 is 0 Å². The average Bonchev–Trinajstić information content (AvgIpc) is 2.68. The standard InChI is InChI=1S/C13H14O2Se/c1-9(13(14)15)6-7-11-8-10-4-2-3-5-12(10)16-11/h2-5,8-9H,6-7H2,1H3,(H,14,15). The molecule has 1 heterocycles. The van der Waals surface area contributed by atoms with E-state index < -0.39 is 5.97 Å². The second kappa shape index (κ2) is 4.86. The van der Waals surface area contributed by atoms with Crippen LogP contribution in [-0.4, -0.2) is 25.6 Å². The number of carbonyl (C=O) groups is 1. The zero-order valence-corrected chi connectivity index (χ0v) is 10.9. The van der Waals surface area contributed by atoms with Crippen molar-refractivity contribution in [2.75, 3.05) is 0 Å². The van der Waals surface area contributed by atoms with Crippen molar-refractivity contribution >= 4 is 30.1 Å². The van der Waals surface area contributed by atoms with Crippen molar-refractivity contribution in [3.05, 3.63) is 34.8 Å². The molecule has 3 heteroatoms. The summed E-state index contributed by atoms with van der Waals surface area (Å²) in [4.78, 5) is 10.7. The second-order valence-corrected chi connectivity index (χ2v) is 6.48. The SMILES string of the molecule is CC(CCc1cc2ccccc2[se]1)C(=O)O. The molecule has 1 atom stereocenters. The molecule has 0 aliphatic rings. The molecule has 0 radical (unpaired) electrons. The van der Waals surface area contributed by atoms with Gasteiger partial charge in [-0.3, -0.25) is 0 Å². The summed E-state index contributed by atoms with van der Waals surface area (Å²) in [6, 6.07) is 10.6. The van der Waals surface area contributed by atoms with Gasteiger partial charge in [0.05, 0.1) is 0 Å². The van der Waals surface area contributed by atoms with Crippen molar-refractivity contribution in [1.29, 1.82) is 0 Å². The normalized spacial score (nSPS) is 12.8. The molecule has 84 valence electrons. The fraction of sp³-hybridized carbons (Fsp3) is 0.308. The van der Waals surface area contributed by atoms with Crippen LogP contribution in [0.15, 0.2) is 30.3 Å². The molecule has 0 amide bonds. The monoisotopic (exact) mass is 282 g/mol. The molecule has 16 heavy (non-hydrogen) atoms. The third kappa shape index (κ3) is 2.55. The van der Waals surface area contributed by atoms with E-state index in [2.05, 4.69) is 24.3 Å². The molecule has 1 unspecified atom stereocenters. The molecule has 1 aromatic heterocycles. The molecule has 0 saturated heterocycles. The molecule has 0 fully saturated rings. The van der Waals surface area contributed by atoms with Crippen LogP contribution in [-0.2, 0) is 11.2 Å². The predicted molar refractivity (Wildman–Crippen MR) is 66.0 cm³/mol. The van der Waals surface area contributed by atoms with Crippen LogP contribution in [0.2, 0.25) is 0 Å². The second-order valence-electron chi connectivity index (χ2n) is 4.03. The molecule has 0 saturated carbocycles. The predicted octanol–water partition coefficient (Wildman–Crippen LogP) is 2.55. The summed E-state index contributed by atoms with van der Waals surface area (Å²) in [5.41, 5.74) is 0. The van der Waals surface area contributed by atoms with Gasteiger partial charge in [-0.15, -0.1) is 0 Å². The molecule has 1 N–H and O–H groups in total. The Balaban J connectivity index is 2.07. The number of hydrogen-bond donors (Lipinski definition) is 1. The Morgan fingerprint density at radius 1 is 1.44 bits per heavy atom. The molecule has 0 spiro atoms. The van der Waals surface area contributed by atoms with Crippen molar-refractivity contribution in [1.82, 2.24) is 0 Å². The number of carboxylic acids is 1. The number of carboxylic acid groups (broad SMARTS) is 1. The Kier molecular flexibility index (Phi) is 3.47. The van der Waals surface area contributed by atoms with E-state index in [0.29, 0.717) is 14.5 Å². The number of benzene rings is 1. The maximum absolute atomic E-state index is 10.7. The molecule has 2 nitrogen and oxygen atoms in total. The summed E-state index contributed by atoms with van der Waals surface area (Å²) in [7, 11) is 0. The minimum atomic E-state index is -0.691. The quantitative estimate of drug-likeness (QED) is 0.874. The molecule has 0 aliphatic carbocycles. The minimum absolute atomic E-state index is 0.236. The first-order valence-corrected chi connectivity index (χ1v) is 7.08. The Hall–Kier alpha value is -1.05. The molecular formula is C13H14O2Se. The van der Waals surface area contributed by atoms with Gasteiger partial charge < -0.3 is 0 Å². The zero-order valence-electron chi connectivity index (χ0n) is 9.14. The molecular weight excluding hydrogens is 267 g/mol. The van der Waals surface area contributed by atoms with Crippen molar-refractivity contribution in [2.45, 2.75) is 19.8 Å². The van der Waals surface area contributed by atoms with E-state index in [1.807, 2.05) is 6.07 Å². The van der Waals surface area contributed by atoms with Crippen molar-refractivity contribution < 1.29 is 9.90 Å².